The molecule has 2 aromatic rings. The maximum absolute atomic E-state index is 11.1. The molecule has 0 aliphatic carbocycles. The Balaban J connectivity index is 2.25. The first-order valence-electron chi connectivity index (χ1n) is 5.58. The lowest BCUT2D eigenvalue weighted by atomic mass is 10.1. The van der Waals surface area contributed by atoms with E-state index in [4.69, 9.17) is 10.3 Å². The van der Waals surface area contributed by atoms with Gasteiger partial charge in [-0.25, -0.2) is 0 Å². The van der Waals surface area contributed by atoms with Crippen LogP contribution < -0.4 is 11.1 Å². The summed E-state index contributed by atoms with van der Waals surface area (Å²) in [5.74, 6) is 0.0711. The molecule has 0 radical (unpaired) electrons. The van der Waals surface area contributed by atoms with Gasteiger partial charge in [-0.15, -0.1) is 0 Å². The predicted octanol–water partition coefficient (Wildman–Crippen LogP) is 0.997. The van der Waals surface area contributed by atoms with Gasteiger partial charge in [-0.2, -0.15) is 4.98 Å². The van der Waals surface area contributed by atoms with Crippen LogP contribution >= 0.6 is 0 Å². The molecule has 104 valence electrons. The molecule has 1 amide bonds. The number of carbonyl (C=O) groups is 1. The topological polar surface area (TPSA) is 137 Å². The van der Waals surface area contributed by atoms with Gasteiger partial charge in [0.05, 0.1) is 11.5 Å². The number of nitrogens with two attached hydrogens (primary N) is 1. The van der Waals surface area contributed by atoms with Crippen LogP contribution in [0.2, 0.25) is 0 Å². The van der Waals surface area contributed by atoms with E-state index >= 15 is 0 Å². The first kappa shape index (κ1) is 13.5. The Morgan fingerprint density at radius 1 is 1.55 bits per heavy atom. The van der Waals surface area contributed by atoms with Gasteiger partial charge >= 0.3 is 0 Å². The van der Waals surface area contributed by atoms with Crippen LogP contribution in [0.15, 0.2) is 22.7 Å². The minimum Gasteiger partial charge on any atom is -0.372 e. The summed E-state index contributed by atoms with van der Waals surface area (Å²) in [5.41, 5.74) is 5.30. The molecule has 0 aliphatic heterocycles. The largest absolute Gasteiger partial charge is 0.372 e. The van der Waals surface area contributed by atoms with Gasteiger partial charge in [-0.05, 0) is 12.1 Å². The van der Waals surface area contributed by atoms with E-state index < -0.39 is 10.8 Å². The number of rotatable bonds is 5. The highest BCUT2D eigenvalue weighted by Gasteiger charge is 2.16. The lowest BCUT2D eigenvalue weighted by Gasteiger charge is -2.06. The van der Waals surface area contributed by atoms with Crippen molar-refractivity contribution < 1.29 is 14.2 Å². The Labute approximate surface area is 112 Å². The van der Waals surface area contributed by atoms with Crippen molar-refractivity contribution in [3.8, 4) is 0 Å². The first-order valence-corrected chi connectivity index (χ1v) is 5.58. The third-order valence-corrected chi connectivity index (χ3v) is 2.48. The summed E-state index contributed by atoms with van der Waals surface area (Å²) in [6, 6.07) is 3.82. The van der Waals surface area contributed by atoms with Gasteiger partial charge in [0.15, 0.2) is 5.82 Å². The van der Waals surface area contributed by atoms with Crippen molar-refractivity contribution in [3.05, 3.63) is 45.6 Å². The average molecular weight is 277 g/mol. The maximum Gasteiger partial charge on any atom is 0.292 e. The molecular formula is C11H11N5O4. The summed E-state index contributed by atoms with van der Waals surface area (Å²) in [4.78, 5) is 25.4. The summed E-state index contributed by atoms with van der Waals surface area (Å²) in [5, 5.41) is 17.4. The minimum absolute atomic E-state index is 0.125. The second-order valence-corrected chi connectivity index (χ2v) is 3.94. The third-order valence-electron chi connectivity index (χ3n) is 2.48. The smallest absolute Gasteiger partial charge is 0.292 e. The molecule has 1 aromatic carbocycles. The summed E-state index contributed by atoms with van der Waals surface area (Å²) in [7, 11) is 0. The number of carbonyl (C=O) groups excluding carboxylic acids is 1. The van der Waals surface area contributed by atoms with E-state index in [-0.39, 0.29) is 23.5 Å². The number of nitro benzene ring substituents is 1. The molecule has 0 unspecified atom stereocenters. The van der Waals surface area contributed by atoms with Crippen molar-refractivity contribution in [3.63, 3.8) is 0 Å². The molecule has 9 nitrogen and oxygen atoms in total. The van der Waals surface area contributed by atoms with E-state index in [9.17, 15) is 14.9 Å². The zero-order chi connectivity index (χ0) is 14.7. The van der Waals surface area contributed by atoms with Crippen molar-refractivity contribution in [2.75, 3.05) is 5.32 Å². The number of anilines is 1. The molecule has 2 rings (SSSR count). The molecular weight excluding hydrogens is 266 g/mol. The molecule has 1 aromatic heterocycles. The van der Waals surface area contributed by atoms with E-state index in [1.54, 1.807) is 6.92 Å². The second-order valence-electron chi connectivity index (χ2n) is 3.94. The second kappa shape index (κ2) is 5.34. The van der Waals surface area contributed by atoms with E-state index in [1.807, 2.05) is 0 Å². The molecule has 9 heteroatoms. The average Bonchev–Trinajstić information content (AvgIpc) is 2.81. The number of hydrogen-bond acceptors (Lipinski definition) is 7. The number of amides is 1. The van der Waals surface area contributed by atoms with Crippen LogP contribution in [0, 0.1) is 17.0 Å². The van der Waals surface area contributed by atoms with E-state index in [1.165, 1.54) is 18.2 Å². The Hall–Kier alpha value is -2.97. The lowest BCUT2D eigenvalue weighted by molar-refractivity contribution is -0.384. The molecule has 3 N–H and O–H groups in total. The van der Waals surface area contributed by atoms with E-state index in [2.05, 4.69) is 15.5 Å². The van der Waals surface area contributed by atoms with Crippen LogP contribution in [0.3, 0.4) is 0 Å². The molecule has 0 aliphatic rings. The highest BCUT2D eigenvalue weighted by Crippen LogP contribution is 2.25. The minimum atomic E-state index is -0.668. The first-order chi connectivity index (χ1) is 9.47. The molecule has 0 bridgehead atoms. The quantitative estimate of drug-likeness (QED) is 0.614. The maximum atomic E-state index is 11.1. The van der Waals surface area contributed by atoms with Crippen molar-refractivity contribution in [1.29, 1.82) is 0 Å². The normalized spacial score (nSPS) is 10.2. The standard InChI is InChI=1S/C11H11N5O4/c1-6-14-10(15-20-6)5-13-8-4-7(11(12)17)2-3-9(8)16(18)19/h2-4,13H,5H2,1H3,(H2,12,17). The summed E-state index contributed by atoms with van der Waals surface area (Å²) in [6.45, 7) is 1.76. The summed E-state index contributed by atoms with van der Waals surface area (Å²) < 4.78 is 4.78. The number of benzene rings is 1. The molecule has 20 heavy (non-hydrogen) atoms. The Morgan fingerprint density at radius 3 is 2.85 bits per heavy atom. The molecule has 0 atom stereocenters. The van der Waals surface area contributed by atoms with Crippen LogP contribution in [-0.2, 0) is 6.54 Å². The Bertz CT molecular complexity index is 667. The number of hydrogen-bond donors (Lipinski definition) is 2. The molecule has 0 saturated carbocycles. The Kier molecular flexibility index (Phi) is 3.60. The number of aromatic nitrogens is 2. The van der Waals surface area contributed by atoms with Crippen LogP contribution in [0.25, 0.3) is 0 Å². The highest BCUT2D eigenvalue weighted by molar-refractivity contribution is 5.94. The highest BCUT2D eigenvalue weighted by atomic mass is 16.6. The molecule has 0 fully saturated rings. The number of primary amides is 1. The zero-order valence-corrected chi connectivity index (χ0v) is 10.5. The third kappa shape index (κ3) is 2.88. The molecule has 0 spiro atoms. The number of nitrogens with zero attached hydrogens (tertiary/aromatic N) is 3. The Morgan fingerprint density at radius 2 is 2.30 bits per heavy atom. The van der Waals surface area contributed by atoms with Crippen molar-refractivity contribution in [2.45, 2.75) is 13.5 Å². The number of aryl methyl sites for hydroxylation is 1. The fourth-order valence-electron chi connectivity index (χ4n) is 1.58. The van der Waals surface area contributed by atoms with Crippen LogP contribution in [0.5, 0.6) is 0 Å². The van der Waals surface area contributed by atoms with Gasteiger partial charge in [0.2, 0.25) is 11.8 Å². The number of nitrogens with one attached hydrogen (secondary N) is 1. The van der Waals surface area contributed by atoms with Crippen molar-refractivity contribution in [1.82, 2.24) is 10.1 Å². The van der Waals surface area contributed by atoms with Gasteiger partial charge in [-0.3, -0.25) is 14.9 Å². The summed E-state index contributed by atoms with van der Waals surface area (Å²) in [6.07, 6.45) is 0. The van der Waals surface area contributed by atoms with Crippen LogP contribution in [-0.4, -0.2) is 21.0 Å². The fraction of sp³-hybridized carbons (Fsp3) is 0.182. The zero-order valence-electron chi connectivity index (χ0n) is 10.5. The van der Waals surface area contributed by atoms with Gasteiger partial charge in [0.25, 0.3) is 5.69 Å². The van der Waals surface area contributed by atoms with Crippen molar-refractivity contribution in [2.24, 2.45) is 5.73 Å². The molecule has 1 heterocycles. The van der Waals surface area contributed by atoms with Gasteiger partial charge in [-0.1, -0.05) is 5.16 Å². The SMILES string of the molecule is Cc1nc(CNc2cc(C(N)=O)ccc2[N+](=O)[O-])no1. The van der Waals surface area contributed by atoms with Gasteiger partial charge in [0.1, 0.15) is 5.69 Å². The summed E-state index contributed by atoms with van der Waals surface area (Å²) >= 11 is 0. The monoisotopic (exact) mass is 277 g/mol. The lowest BCUT2D eigenvalue weighted by Crippen LogP contribution is -2.12. The predicted molar refractivity (Wildman–Crippen MR) is 68.0 cm³/mol. The number of nitro groups is 1. The van der Waals surface area contributed by atoms with Gasteiger partial charge in [0, 0.05) is 18.6 Å². The molecule has 0 saturated heterocycles. The van der Waals surface area contributed by atoms with Crippen molar-refractivity contribution >= 4 is 17.3 Å². The van der Waals surface area contributed by atoms with Crippen LogP contribution in [0.1, 0.15) is 22.1 Å². The van der Waals surface area contributed by atoms with E-state index in [0.717, 1.165) is 0 Å². The van der Waals surface area contributed by atoms with E-state index in [0.29, 0.717) is 11.7 Å². The van der Waals surface area contributed by atoms with Crippen LogP contribution in [0.4, 0.5) is 11.4 Å². The van der Waals surface area contributed by atoms with Gasteiger partial charge < -0.3 is 15.6 Å². The fourth-order valence-corrected chi connectivity index (χ4v) is 1.58.